The summed E-state index contributed by atoms with van der Waals surface area (Å²) in [5.41, 5.74) is 0. The molecule has 1 aliphatic rings. The van der Waals surface area contributed by atoms with E-state index in [1.165, 1.54) is 0 Å². The van der Waals surface area contributed by atoms with Gasteiger partial charge in [-0.3, -0.25) is 4.79 Å². The van der Waals surface area contributed by atoms with Crippen LogP contribution < -0.4 is 4.74 Å². The highest BCUT2D eigenvalue weighted by Gasteiger charge is 2.28. The summed E-state index contributed by atoms with van der Waals surface area (Å²) in [6, 6.07) is 6.67. The van der Waals surface area contributed by atoms with E-state index in [4.69, 9.17) is 4.74 Å². The zero-order valence-electron chi connectivity index (χ0n) is 14.7. The summed E-state index contributed by atoms with van der Waals surface area (Å²) < 4.78 is 30.4. The molecular formula is C18H27NO4S. The highest BCUT2D eigenvalue weighted by atomic mass is 32.2. The van der Waals surface area contributed by atoms with Gasteiger partial charge >= 0.3 is 0 Å². The van der Waals surface area contributed by atoms with Crippen molar-refractivity contribution in [2.45, 2.75) is 63.5 Å². The normalized spacial score (nSPS) is 18.2. The van der Waals surface area contributed by atoms with Crippen LogP contribution >= 0.6 is 0 Å². The van der Waals surface area contributed by atoms with Crippen LogP contribution in [0.5, 0.6) is 5.75 Å². The van der Waals surface area contributed by atoms with Crippen LogP contribution in [0.15, 0.2) is 29.2 Å². The molecule has 0 bridgehead atoms. The van der Waals surface area contributed by atoms with Crippen LogP contribution in [0, 0.1) is 0 Å². The van der Waals surface area contributed by atoms with Crippen molar-refractivity contribution < 1.29 is 17.9 Å². The Balaban J connectivity index is 1.97. The van der Waals surface area contributed by atoms with Gasteiger partial charge in [0.15, 0.2) is 9.84 Å². The van der Waals surface area contributed by atoms with Gasteiger partial charge in [0.1, 0.15) is 5.75 Å². The molecule has 1 heterocycles. The number of nitrogens with zero attached hydrogens (tertiary/aromatic N) is 1. The molecule has 6 heteroatoms. The van der Waals surface area contributed by atoms with Crippen molar-refractivity contribution in [3.05, 3.63) is 24.3 Å². The zero-order chi connectivity index (χ0) is 17.7. The third-order valence-corrected chi connectivity index (χ3v) is 6.04. The molecule has 1 saturated heterocycles. The fourth-order valence-corrected chi connectivity index (χ4v) is 4.30. The van der Waals surface area contributed by atoms with Gasteiger partial charge in [0.05, 0.1) is 16.8 Å². The van der Waals surface area contributed by atoms with Crippen LogP contribution in [0.1, 0.15) is 46.5 Å². The van der Waals surface area contributed by atoms with Gasteiger partial charge in [-0.2, -0.15) is 0 Å². The molecule has 1 aromatic carbocycles. The first kappa shape index (κ1) is 18.8. The van der Waals surface area contributed by atoms with Crippen molar-refractivity contribution in [3.8, 4) is 5.75 Å². The summed E-state index contributed by atoms with van der Waals surface area (Å²) >= 11 is 0. The maximum absolute atomic E-state index is 12.4. The minimum atomic E-state index is -3.46. The molecule has 24 heavy (non-hydrogen) atoms. The highest BCUT2D eigenvalue weighted by Crippen LogP contribution is 2.22. The molecule has 0 N–H and O–H groups in total. The molecule has 1 atom stereocenters. The van der Waals surface area contributed by atoms with E-state index in [1.807, 2.05) is 18.7 Å². The standard InChI is InChI=1S/C18H27NO4S/c1-4-15-6-5-12-19(15)18(20)11-13-24(21,22)17-9-7-16(8-10-17)23-14(2)3/h7-10,14-15H,4-6,11-13H2,1-3H3. The van der Waals surface area contributed by atoms with E-state index in [-0.39, 0.29) is 35.1 Å². The number of rotatable bonds is 7. The van der Waals surface area contributed by atoms with Crippen LogP contribution in [0.25, 0.3) is 0 Å². The van der Waals surface area contributed by atoms with Gasteiger partial charge in [-0.15, -0.1) is 0 Å². The Bertz CT molecular complexity index is 652. The van der Waals surface area contributed by atoms with Gasteiger partial charge < -0.3 is 9.64 Å². The Labute approximate surface area is 144 Å². The zero-order valence-corrected chi connectivity index (χ0v) is 15.5. The number of benzene rings is 1. The third kappa shape index (κ3) is 4.72. The van der Waals surface area contributed by atoms with Crippen LogP contribution in [0.3, 0.4) is 0 Å². The lowest BCUT2D eigenvalue weighted by Crippen LogP contribution is -2.36. The lowest BCUT2D eigenvalue weighted by Gasteiger charge is -2.23. The van der Waals surface area contributed by atoms with E-state index in [2.05, 4.69) is 6.92 Å². The second-order valence-corrected chi connectivity index (χ2v) is 8.61. The Hall–Kier alpha value is -1.56. The predicted octanol–water partition coefficient (Wildman–Crippen LogP) is 3.04. The number of hydrogen-bond donors (Lipinski definition) is 0. The minimum absolute atomic E-state index is 0.0389. The topological polar surface area (TPSA) is 63.7 Å². The van der Waals surface area contributed by atoms with Crippen molar-refractivity contribution in [1.29, 1.82) is 0 Å². The quantitative estimate of drug-likeness (QED) is 0.756. The minimum Gasteiger partial charge on any atom is -0.491 e. The molecule has 0 spiro atoms. The van der Waals surface area contributed by atoms with Crippen LogP contribution in [-0.4, -0.2) is 43.7 Å². The van der Waals surface area contributed by atoms with Crippen LogP contribution in [0.2, 0.25) is 0 Å². The van der Waals surface area contributed by atoms with Crippen molar-refractivity contribution in [1.82, 2.24) is 4.90 Å². The summed E-state index contributed by atoms with van der Waals surface area (Å²) in [6.07, 6.45) is 3.04. The Morgan fingerprint density at radius 1 is 1.29 bits per heavy atom. The molecule has 2 rings (SSSR count). The van der Waals surface area contributed by atoms with Crippen LogP contribution in [-0.2, 0) is 14.6 Å². The second-order valence-electron chi connectivity index (χ2n) is 6.50. The van der Waals surface area contributed by atoms with E-state index < -0.39 is 9.84 Å². The molecule has 0 saturated carbocycles. The van der Waals surface area contributed by atoms with Crippen molar-refractivity contribution in [3.63, 3.8) is 0 Å². The van der Waals surface area contributed by atoms with E-state index in [1.54, 1.807) is 24.3 Å². The number of carbonyl (C=O) groups is 1. The molecule has 1 amide bonds. The SMILES string of the molecule is CCC1CCCN1C(=O)CCS(=O)(=O)c1ccc(OC(C)C)cc1. The third-order valence-electron chi connectivity index (χ3n) is 4.31. The van der Waals surface area contributed by atoms with Crippen molar-refractivity contribution in [2.24, 2.45) is 0 Å². The lowest BCUT2D eigenvalue weighted by atomic mass is 10.1. The predicted molar refractivity (Wildman–Crippen MR) is 93.9 cm³/mol. The number of ether oxygens (including phenoxy) is 1. The number of hydrogen-bond acceptors (Lipinski definition) is 4. The first-order valence-corrected chi connectivity index (χ1v) is 10.3. The molecule has 1 aromatic rings. The number of sulfone groups is 1. The molecule has 134 valence electrons. The molecular weight excluding hydrogens is 326 g/mol. The molecule has 5 nitrogen and oxygen atoms in total. The van der Waals surface area contributed by atoms with Gasteiger partial charge in [-0.1, -0.05) is 6.92 Å². The summed E-state index contributed by atoms with van der Waals surface area (Å²) in [7, 11) is -3.46. The lowest BCUT2D eigenvalue weighted by molar-refractivity contribution is -0.131. The summed E-state index contributed by atoms with van der Waals surface area (Å²) in [5, 5.41) is 0. The summed E-state index contributed by atoms with van der Waals surface area (Å²) in [5.74, 6) is 0.439. The van der Waals surface area contributed by atoms with Crippen LogP contribution in [0.4, 0.5) is 0 Å². The maximum atomic E-state index is 12.4. The molecule has 0 aliphatic carbocycles. The van der Waals surface area contributed by atoms with E-state index in [0.29, 0.717) is 5.75 Å². The second kappa shape index (κ2) is 8.01. The highest BCUT2D eigenvalue weighted by molar-refractivity contribution is 7.91. The number of likely N-dealkylation sites (tertiary alicyclic amines) is 1. The fourth-order valence-electron chi connectivity index (χ4n) is 3.07. The first-order chi connectivity index (χ1) is 11.3. The Morgan fingerprint density at radius 3 is 2.54 bits per heavy atom. The van der Waals surface area contributed by atoms with Gasteiger partial charge in [-0.05, 0) is 57.4 Å². The van der Waals surface area contributed by atoms with Crippen molar-refractivity contribution >= 4 is 15.7 Å². The maximum Gasteiger partial charge on any atom is 0.223 e. The Kier molecular flexibility index (Phi) is 6.27. The van der Waals surface area contributed by atoms with Gasteiger partial charge in [0.2, 0.25) is 5.91 Å². The molecule has 1 aliphatic heterocycles. The van der Waals surface area contributed by atoms with E-state index in [9.17, 15) is 13.2 Å². The smallest absolute Gasteiger partial charge is 0.223 e. The fraction of sp³-hybridized carbons (Fsp3) is 0.611. The summed E-state index contributed by atoms with van der Waals surface area (Å²) in [6.45, 7) is 6.64. The molecule has 1 fully saturated rings. The monoisotopic (exact) mass is 353 g/mol. The van der Waals surface area contributed by atoms with E-state index >= 15 is 0 Å². The first-order valence-electron chi connectivity index (χ1n) is 8.62. The molecule has 1 unspecified atom stereocenters. The van der Waals surface area contributed by atoms with E-state index in [0.717, 1.165) is 25.8 Å². The molecule has 0 radical (unpaired) electrons. The largest absolute Gasteiger partial charge is 0.491 e. The Morgan fingerprint density at radius 2 is 1.96 bits per heavy atom. The molecule has 0 aromatic heterocycles. The summed E-state index contributed by atoms with van der Waals surface area (Å²) in [4.78, 5) is 14.4. The van der Waals surface area contributed by atoms with Gasteiger partial charge in [0.25, 0.3) is 0 Å². The number of amides is 1. The average Bonchev–Trinajstić information content (AvgIpc) is 3.01. The van der Waals surface area contributed by atoms with Crippen molar-refractivity contribution in [2.75, 3.05) is 12.3 Å². The van der Waals surface area contributed by atoms with Gasteiger partial charge in [-0.25, -0.2) is 8.42 Å². The average molecular weight is 353 g/mol. The number of carbonyl (C=O) groups excluding carboxylic acids is 1. The van der Waals surface area contributed by atoms with Gasteiger partial charge in [0, 0.05) is 19.0 Å².